The largest absolute Gasteiger partial charge is 0.491 e. The lowest BCUT2D eigenvalue weighted by Gasteiger charge is -2.32. The average Bonchev–Trinajstić information content (AvgIpc) is 3.14. The number of amides is 2. The molecule has 2 aromatic carbocycles. The number of anilines is 1. The Morgan fingerprint density at radius 1 is 1.23 bits per heavy atom. The number of nitrogens with one attached hydrogen (secondary N) is 1. The van der Waals surface area contributed by atoms with Crippen LogP contribution in [-0.4, -0.2) is 43.0 Å². The first-order valence-corrected chi connectivity index (χ1v) is 9.38. The standard InChI is InChI=1S/C20H15ClF3N3O4/c1-30-17(28)19-9-27(18(29)25-13-5-2-11(3-6-13)20(22,23)24)26-16(19)14-7-4-12(21)8-15(14)31-10-19/h2-8H,9-10H2,1H3,(H,25,29). The molecule has 7 nitrogen and oxygen atoms in total. The summed E-state index contributed by atoms with van der Waals surface area (Å²) in [5.74, 6) is -0.215. The Hall–Kier alpha value is -3.27. The molecule has 11 heteroatoms. The predicted octanol–water partition coefficient (Wildman–Crippen LogP) is 4.16. The fraction of sp³-hybridized carbons (Fsp3) is 0.250. The van der Waals surface area contributed by atoms with Crippen molar-refractivity contribution in [3.63, 3.8) is 0 Å². The Morgan fingerprint density at radius 2 is 1.94 bits per heavy atom. The number of benzene rings is 2. The highest BCUT2D eigenvalue weighted by Gasteiger charge is 2.55. The summed E-state index contributed by atoms with van der Waals surface area (Å²) in [7, 11) is 1.22. The minimum Gasteiger partial charge on any atom is -0.491 e. The van der Waals surface area contributed by atoms with Crippen molar-refractivity contribution in [3.05, 3.63) is 58.6 Å². The zero-order valence-corrected chi connectivity index (χ0v) is 16.8. The maximum Gasteiger partial charge on any atom is 0.416 e. The van der Waals surface area contributed by atoms with Crippen LogP contribution < -0.4 is 10.1 Å². The normalized spacial score (nSPS) is 19.6. The van der Waals surface area contributed by atoms with Crippen LogP contribution in [0, 0.1) is 5.41 Å². The van der Waals surface area contributed by atoms with Crippen LogP contribution in [0.5, 0.6) is 5.75 Å². The number of hydrazone groups is 1. The summed E-state index contributed by atoms with van der Waals surface area (Å²) in [6.45, 7) is -0.278. The van der Waals surface area contributed by atoms with Crippen LogP contribution in [0.15, 0.2) is 47.6 Å². The van der Waals surface area contributed by atoms with E-state index >= 15 is 0 Å². The molecule has 31 heavy (non-hydrogen) atoms. The van der Waals surface area contributed by atoms with Crippen molar-refractivity contribution >= 4 is 35.0 Å². The van der Waals surface area contributed by atoms with Gasteiger partial charge in [0.1, 0.15) is 12.4 Å². The summed E-state index contributed by atoms with van der Waals surface area (Å²) in [6, 6.07) is 8.06. The van der Waals surface area contributed by atoms with Gasteiger partial charge in [-0.3, -0.25) is 4.79 Å². The highest BCUT2D eigenvalue weighted by molar-refractivity contribution is 6.31. The van der Waals surface area contributed by atoms with E-state index in [9.17, 15) is 22.8 Å². The Morgan fingerprint density at radius 3 is 2.58 bits per heavy atom. The number of hydrogen-bond donors (Lipinski definition) is 1. The summed E-state index contributed by atoms with van der Waals surface area (Å²) in [4.78, 5) is 25.4. The molecule has 1 unspecified atom stereocenters. The lowest BCUT2D eigenvalue weighted by atomic mass is 9.79. The van der Waals surface area contributed by atoms with Gasteiger partial charge in [-0.25, -0.2) is 9.80 Å². The lowest BCUT2D eigenvalue weighted by Crippen LogP contribution is -2.50. The van der Waals surface area contributed by atoms with E-state index in [1.807, 2.05) is 0 Å². The Labute approximate surface area is 179 Å². The molecule has 0 aromatic heterocycles. The van der Waals surface area contributed by atoms with Gasteiger partial charge in [-0.1, -0.05) is 11.6 Å². The molecule has 2 aliphatic heterocycles. The molecule has 0 spiro atoms. The van der Waals surface area contributed by atoms with Gasteiger partial charge in [0.15, 0.2) is 5.41 Å². The first-order chi connectivity index (χ1) is 14.6. The van der Waals surface area contributed by atoms with E-state index in [0.717, 1.165) is 29.3 Å². The van der Waals surface area contributed by atoms with Crippen molar-refractivity contribution in [2.24, 2.45) is 10.5 Å². The van der Waals surface area contributed by atoms with Crippen molar-refractivity contribution in [1.82, 2.24) is 5.01 Å². The number of rotatable bonds is 2. The summed E-state index contributed by atoms with van der Waals surface area (Å²) >= 11 is 6.00. The third kappa shape index (κ3) is 3.67. The van der Waals surface area contributed by atoms with Gasteiger partial charge in [0, 0.05) is 16.3 Å². The molecule has 2 amide bonds. The second-order valence-electron chi connectivity index (χ2n) is 7.01. The molecule has 0 aliphatic carbocycles. The van der Waals surface area contributed by atoms with Gasteiger partial charge >= 0.3 is 18.2 Å². The molecule has 0 bridgehead atoms. The SMILES string of the molecule is COC(=O)C12COc3cc(Cl)ccc3C1=NN(C(=O)Nc1ccc(C(F)(F)F)cc1)C2. The fourth-order valence-corrected chi connectivity index (χ4v) is 3.65. The van der Waals surface area contributed by atoms with Crippen LogP contribution in [0.1, 0.15) is 11.1 Å². The van der Waals surface area contributed by atoms with Crippen molar-refractivity contribution in [2.45, 2.75) is 6.18 Å². The number of alkyl halides is 3. The second kappa shape index (κ2) is 7.45. The third-order valence-corrected chi connectivity index (χ3v) is 5.28. The molecule has 2 aromatic rings. The smallest absolute Gasteiger partial charge is 0.416 e. The zero-order valence-electron chi connectivity index (χ0n) is 16.0. The number of methoxy groups -OCH3 is 1. The van der Waals surface area contributed by atoms with Gasteiger partial charge < -0.3 is 14.8 Å². The lowest BCUT2D eigenvalue weighted by molar-refractivity contribution is -0.150. The van der Waals surface area contributed by atoms with E-state index in [1.54, 1.807) is 18.2 Å². The monoisotopic (exact) mass is 453 g/mol. The van der Waals surface area contributed by atoms with Gasteiger partial charge in [-0.15, -0.1) is 0 Å². The number of hydrogen-bond acceptors (Lipinski definition) is 5. The molecule has 2 aliphatic rings. The minimum absolute atomic E-state index is 0.115. The van der Waals surface area contributed by atoms with Crippen LogP contribution in [0.25, 0.3) is 0 Å². The Kier molecular flexibility index (Phi) is 5.04. The molecule has 1 N–H and O–H groups in total. The molecule has 162 valence electrons. The fourth-order valence-electron chi connectivity index (χ4n) is 3.48. The van der Waals surface area contributed by atoms with Crippen LogP contribution in [0.2, 0.25) is 5.02 Å². The molecule has 2 heterocycles. The van der Waals surface area contributed by atoms with E-state index in [-0.39, 0.29) is 18.8 Å². The van der Waals surface area contributed by atoms with Gasteiger partial charge in [0.25, 0.3) is 0 Å². The zero-order chi connectivity index (χ0) is 22.4. The number of esters is 1. The summed E-state index contributed by atoms with van der Waals surface area (Å²) in [5, 5.41) is 8.24. The van der Waals surface area contributed by atoms with Gasteiger partial charge in [-0.05, 0) is 42.5 Å². The maximum absolute atomic E-state index is 12.7. The summed E-state index contributed by atoms with van der Waals surface area (Å²) in [5.41, 5.74) is -1.25. The maximum atomic E-state index is 12.7. The quantitative estimate of drug-likeness (QED) is 0.692. The van der Waals surface area contributed by atoms with Gasteiger partial charge in [-0.2, -0.15) is 18.3 Å². The molecule has 4 rings (SSSR count). The van der Waals surface area contributed by atoms with E-state index in [1.165, 1.54) is 7.11 Å². The van der Waals surface area contributed by atoms with E-state index in [4.69, 9.17) is 21.1 Å². The molecule has 0 saturated carbocycles. The van der Waals surface area contributed by atoms with Crippen molar-refractivity contribution in [1.29, 1.82) is 0 Å². The number of halogens is 4. The van der Waals surface area contributed by atoms with Crippen LogP contribution in [0.4, 0.5) is 23.7 Å². The van der Waals surface area contributed by atoms with Crippen molar-refractivity contribution < 1.29 is 32.2 Å². The topological polar surface area (TPSA) is 80.2 Å². The molecule has 0 fully saturated rings. The van der Waals surface area contributed by atoms with Crippen molar-refractivity contribution in [2.75, 3.05) is 25.6 Å². The number of ether oxygens (including phenoxy) is 2. The van der Waals surface area contributed by atoms with E-state index in [2.05, 4.69) is 10.4 Å². The minimum atomic E-state index is -4.48. The molecule has 1 atom stereocenters. The number of carbonyl (C=O) groups excluding carboxylic acids is 2. The summed E-state index contributed by atoms with van der Waals surface area (Å²) < 4.78 is 48.8. The van der Waals surface area contributed by atoms with Crippen LogP contribution >= 0.6 is 11.6 Å². The molecular weight excluding hydrogens is 439 g/mol. The van der Waals surface area contributed by atoms with Gasteiger partial charge in [0.2, 0.25) is 0 Å². The number of fused-ring (bicyclic) bond motifs is 3. The Balaban J connectivity index is 1.62. The number of carbonyl (C=O) groups is 2. The van der Waals surface area contributed by atoms with E-state index < -0.39 is 29.2 Å². The Bertz CT molecular complexity index is 1090. The molecular formula is C20H15ClF3N3O4. The summed E-state index contributed by atoms with van der Waals surface area (Å²) in [6.07, 6.45) is -4.48. The molecule has 0 radical (unpaired) electrons. The number of urea groups is 1. The molecule has 0 saturated heterocycles. The van der Waals surface area contributed by atoms with Gasteiger partial charge in [0.05, 0.1) is 24.9 Å². The predicted molar refractivity (Wildman–Crippen MR) is 105 cm³/mol. The first kappa shape index (κ1) is 21.0. The average molecular weight is 454 g/mol. The number of nitrogens with zero attached hydrogens (tertiary/aromatic N) is 2. The van der Waals surface area contributed by atoms with Crippen LogP contribution in [-0.2, 0) is 15.7 Å². The first-order valence-electron chi connectivity index (χ1n) is 9.00. The van der Waals surface area contributed by atoms with E-state index in [0.29, 0.717) is 22.0 Å². The highest BCUT2D eigenvalue weighted by Crippen LogP contribution is 2.41. The van der Waals surface area contributed by atoms with Crippen molar-refractivity contribution in [3.8, 4) is 5.75 Å². The highest BCUT2D eigenvalue weighted by atomic mass is 35.5. The third-order valence-electron chi connectivity index (χ3n) is 5.04. The van der Waals surface area contributed by atoms with Crippen LogP contribution in [0.3, 0.4) is 0 Å². The second-order valence-corrected chi connectivity index (χ2v) is 7.45.